The minimum atomic E-state index is -3.47. The number of hydrogen-bond donors (Lipinski definition) is 1. The molecular formula is C7H9N3O2S2. The number of rotatable bonds is 4. The Morgan fingerprint density at radius 2 is 2.43 bits per heavy atom. The molecule has 0 unspecified atom stereocenters. The molecule has 0 fully saturated rings. The van der Waals surface area contributed by atoms with E-state index >= 15 is 0 Å². The van der Waals surface area contributed by atoms with Crippen LogP contribution in [0.1, 0.15) is 10.7 Å². The predicted octanol–water partition coefficient (Wildman–Crippen LogP) is 0.395. The van der Waals surface area contributed by atoms with Crippen LogP contribution in [0.5, 0.6) is 0 Å². The highest BCUT2D eigenvalue weighted by Crippen LogP contribution is 2.07. The zero-order valence-corrected chi connectivity index (χ0v) is 9.15. The van der Waals surface area contributed by atoms with Crippen LogP contribution >= 0.6 is 11.3 Å². The molecule has 1 N–H and O–H groups in total. The monoisotopic (exact) mass is 231 g/mol. The highest BCUT2D eigenvalue weighted by atomic mass is 32.2. The Hall–Kier alpha value is -0.970. The van der Waals surface area contributed by atoms with Gasteiger partial charge in [0.1, 0.15) is 0 Å². The summed E-state index contributed by atoms with van der Waals surface area (Å²) in [4.78, 5) is 4.08. The minimum Gasteiger partial charge on any atom is -0.245 e. The third-order valence-electron chi connectivity index (χ3n) is 1.39. The molecule has 0 atom stereocenters. The first-order valence-corrected chi connectivity index (χ1v) is 6.32. The van der Waals surface area contributed by atoms with Crippen molar-refractivity contribution in [1.82, 2.24) is 9.71 Å². The van der Waals surface area contributed by atoms with Gasteiger partial charge in [-0.15, -0.1) is 11.3 Å². The molecule has 1 rings (SSSR count). The zero-order valence-electron chi connectivity index (χ0n) is 7.52. The van der Waals surface area contributed by atoms with Gasteiger partial charge in [0.15, 0.2) is 5.75 Å². The minimum absolute atomic E-state index is 0.147. The van der Waals surface area contributed by atoms with Crippen LogP contribution in [-0.4, -0.2) is 19.2 Å². The molecule has 0 aliphatic carbocycles. The van der Waals surface area contributed by atoms with Gasteiger partial charge in [-0.3, -0.25) is 0 Å². The Labute approximate surface area is 86.5 Å². The van der Waals surface area contributed by atoms with E-state index in [1.165, 1.54) is 11.3 Å². The number of nitrogens with zero attached hydrogens (tertiary/aromatic N) is 2. The molecule has 1 aromatic rings. The van der Waals surface area contributed by atoms with Gasteiger partial charge in [0, 0.05) is 5.38 Å². The third-order valence-corrected chi connectivity index (χ3v) is 3.31. The molecule has 0 saturated heterocycles. The van der Waals surface area contributed by atoms with E-state index in [1.807, 2.05) is 6.92 Å². The lowest BCUT2D eigenvalue weighted by Gasteiger charge is -1.99. The first-order chi connectivity index (χ1) is 6.53. The molecule has 76 valence electrons. The van der Waals surface area contributed by atoms with Crippen LogP contribution in [0.2, 0.25) is 0 Å². The fourth-order valence-corrected chi connectivity index (χ4v) is 2.06. The molecule has 0 aliphatic heterocycles. The Balaban J connectivity index is 2.54. The second-order valence-electron chi connectivity index (χ2n) is 2.60. The van der Waals surface area contributed by atoms with E-state index < -0.39 is 15.8 Å². The molecule has 0 bridgehead atoms. The summed E-state index contributed by atoms with van der Waals surface area (Å²) in [6, 6.07) is 1.58. The van der Waals surface area contributed by atoms with Crippen LogP contribution in [0.4, 0.5) is 0 Å². The topological polar surface area (TPSA) is 82.8 Å². The summed E-state index contributed by atoms with van der Waals surface area (Å²) in [6.07, 6.45) is 0. The summed E-state index contributed by atoms with van der Waals surface area (Å²) >= 11 is 1.46. The van der Waals surface area contributed by atoms with E-state index in [2.05, 4.69) is 9.71 Å². The van der Waals surface area contributed by atoms with E-state index in [0.717, 1.165) is 5.01 Å². The lowest BCUT2D eigenvalue weighted by molar-refractivity contribution is 0.584. The van der Waals surface area contributed by atoms with Crippen LogP contribution in [0.3, 0.4) is 0 Å². The fraction of sp³-hybridized carbons (Fsp3) is 0.429. The Morgan fingerprint density at radius 1 is 1.71 bits per heavy atom. The summed E-state index contributed by atoms with van der Waals surface area (Å²) in [6.45, 7) is 1.99. The van der Waals surface area contributed by atoms with Crippen molar-refractivity contribution in [2.24, 2.45) is 0 Å². The van der Waals surface area contributed by atoms with E-state index in [9.17, 15) is 8.42 Å². The second kappa shape index (κ2) is 4.50. The van der Waals surface area contributed by atoms with Crippen LogP contribution < -0.4 is 4.72 Å². The number of nitrogens with one attached hydrogen (secondary N) is 1. The molecule has 0 spiro atoms. The summed E-state index contributed by atoms with van der Waals surface area (Å²) in [5, 5.41) is 10.9. The third kappa shape index (κ3) is 3.41. The molecule has 14 heavy (non-hydrogen) atoms. The fourth-order valence-electron chi connectivity index (χ4n) is 0.809. The van der Waals surface area contributed by atoms with Crippen molar-refractivity contribution in [1.29, 1.82) is 5.26 Å². The maximum absolute atomic E-state index is 11.1. The Kier molecular flexibility index (Phi) is 3.57. The van der Waals surface area contributed by atoms with Gasteiger partial charge in [0.05, 0.1) is 23.3 Å². The van der Waals surface area contributed by atoms with Crippen molar-refractivity contribution in [3.8, 4) is 6.07 Å². The normalized spacial score (nSPS) is 11.1. The van der Waals surface area contributed by atoms with Gasteiger partial charge in [-0.05, 0) is 6.92 Å². The maximum Gasteiger partial charge on any atom is 0.225 e. The van der Waals surface area contributed by atoms with Gasteiger partial charge < -0.3 is 0 Å². The molecule has 0 saturated carbocycles. The van der Waals surface area contributed by atoms with Gasteiger partial charge in [-0.2, -0.15) is 5.26 Å². The largest absolute Gasteiger partial charge is 0.245 e. The van der Waals surface area contributed by atoms with Crippen LogP contribution in [-0.2, 0) is 16.6 Å². The summed E-state index contributed by atoms with van der Waals surface area (Å²) in [7, 11) is -3.47. The van der Waals surface area contributed by atoms with E-state index in [1.54, 1.807) is 11.4 Å². The predicted molar refractivity (Wildman–Crippen MR) is 53.1 cm³/mol. The van der Waals surface area contributed by atoms with Crippen molar-refractivity contribution in [2.45, 2.75) is 13.5 Å². The molecule has 0 amide bonds. The molecular weight excluding hydrogens is 222 g/mol. The highest BCUT2D eigenvalue weighted by molar-refractivity contribution is 7.89. The SMILES string of the molecule is Cc1nc(CNS(=O)(=O)CC#N)cs1. The lowest BCUT2D eigenvalue weighted by atomic mass is 10.5. The van der Waals surface area contributed by atoms with Crippen LogP contribution in [0.25, 0.3) is 0 Å². The average molecular weight is 231 g/mol. The Bertz CT molecular complexity index is 444. The van der Waals surface area contributed by atoms with Crippen molar-refractivity contribution in [3.63, 3.8) is 0 Å². The number of aryl methyl sites for hydroxylation is 1. The van der Waals surface area contributed by atoms with Gasteiger partial charge in [-0.1, -0.05) is 0 Å². The number of aromatic nitrogens is 1. The van der Waals surface area contributed by atoms with Crippen LogP contribution in [0.15, 0.2) is 5.38 Å². The second-order valence-corrected chi connectivity index (χ2v) is 5.47. The van der Waals surface area contributed by atoms with E-state index in [-0.39, 0.29) is 6.54 Å². The summed E-state index contributed by atoms with van der Waals surface area (Å²) in [5.41, 5.74) is 0.675. The van der Waals surface area contributed by atoms with Crippen molar-refractivity contribution in [2.75, 3.05) is 5.75 Å². The van der Waals surface area contributed by atoms with Crippen molar-refractivity contribution in [3.05, 3.63) is 16.1 Å². The number of hydrogen-bond acceptors (Lipinski definition) is 5. The van der Waals surface area contributed by atoms with Crippen LogP contribution in [0, 0.1) is 18.3 Å². The first-order valence-electron chi connectivity index (χ1n) is 3.79. The lowest BCUT2D eigenvalue weighted by Crippen LogP contribution is -2.25. The Morgan fingerprint density at radius 3 is 2.93 bits per heavy atom. The molecule has 5 nitrogen and oxygen atoms in total. The zero-order chi connectivity index (χ0) is 10.6. The maximum atomic E-state index is 11.1. The smallest absolute Gasteiger partial charge is 0.225 e. The van der Waals surface area contributed by atoms with Crippen molar-refractivity contribution >= 4 is 21.4 Å². The average Bonchev–Trinajstić information content (AvgIpc) is 2.48. The first kappa shape index (κ1) is 11.1. The summed E-state index contributed by atoms with van der Waals surface area (Å²) < 4.78 is 24.4. The molecule has 7 heteroatoms. The number of thiazole rings is 1. The van der Waals surface area contributed by atoms with Gasteiger partial charge in [0.2, 0.25) is 10.0 Å². The molecule has 1 aromatic heterocycles. The quantitative estimate of drug-likeness (QED) is 0.812. The highest BCUT2D eigenvalue weighted by Gasteiger charge is 2.09. The number of sulfonamides is 1. The number of nitriles is 1. The standard InChI is InChI=1S/C7H9N3O2S2/c1-6-10-7(5-13-6)4-9-14(11,12)3-2-8/h5,9H,3-4H2,1H3. The van der Waals surface area contributed by atoms with Crippen molar-refractivity contribution < 1.29 is 8.42 Å². The van der Waals surface area contributed by atoms with Gasteiger partial charge in [-0.25, -0.2) is 18.1 Å². The molecule has 0 radical (unpaired) electrons. The molecule has 1 heterocycles. The van der Waals surface area contributed by atoms with Gasteiger partial charge >= 0.3 is 0 Å². The molecule has 0 aliphatic rings. The van der Waals surface area contributed by atoms with E-state index in [0.29, 0.717) is 5.69 Å². The summed E-state index contributed by atoms with van der Waals surface area (Å²) in [5.74, 6) is -0.518. The van der Waals surface area contributed by atoms with Gasteiger partial charge in [0.25, 0.3) is 0 Å². The molecule has 0 aromatic carbocycles. The van der Waals surface area contributed by atoms with E-state index in [4.69, 9.17) is 5.26 Å².